The molecular formula is C11H9F6O3. The zero-order chi connectivity index (χ0) is 15.6. The van der Waals surface area contributed by atoms with Crippen LogP contribution in [0.5, 0.6) is 11.5 Å². The van der Waals surface area contributed by atoms with E-state index in [-0.39, 0.29) is 5.56 Å². The molecule has 0 spiro atoms. The van der Waals surface area contributed by atoms with Crippen molar-refractivity contribution in [3.63, 3.8) is 0 Å². The summed E-state index contributed by atoms with van der Waals surface area (Å²) >= 11 is 0. The molecule has 0 amide bonds. The molecule has 1 N–H and O–H groups in total. The molecule has 0 saturated heterocycles. The lowest BCUT2D eigenvalue weighted by atomic mass is 10.0. The predicted octanol–water partition coefficient (Wildman–Crippen LogP) is 3.39. The minimum absolute atomic E-state index is 0.355. The van der Waals surface area contributed by atoms with Gasteiger partial charge in [0, 0.05) is 11.5 Å². The van der Waals surface area contributed by atoms with Gasteiger partial charge in [-0.25, -0.2) is 0 Å². The van der Waals surface area contributed by atoms with Crippen molar-refractivity contribution in [2.45, 2.75) is 18.6 Å². The summed E-state index contributed by atoms with van der Waals surface area (Å²) in [6.07, 6.45) is -10.0. The topological polar surface area (TPSA) is 38.7 Å². The summed E-state index contributed by atoms with van der Waals surface area (Å²) < 4.78 is 79.7. The minimum atomic E-state index is -5.02. The van der Waals surface area contributed by atoms with E-state index >= 15 is 0 Å². The molecule has 1 aromatic rings. The van der Waals surface area contributed by atoms with Gasteiger partial charge in [0.05, 0.1) is 6.61 Å². The van der Waals surface area contributed by atoms with E-state index in [1.54, 1.807) is 0 Å². The zero-order valence-electron chi connectivity index (χ0n) is 9.76. The van der Waals surface area contributed by atoms with Gasteiger partial charge in [0.1, 0.15) is 11.5 Å². The van der Waals surface area contributed by atoms with Crippen LogP contribution in [0.4, 0.5) is 26.3 Å². The standard InChI is InChI=1S/C11H9F6O3/c1-6(5-18)8-4-7(19-10(12,13)14)2-3-9(8)20-11(15,16)17/h2-4,6,18H,1,5H2. The number of aliphatic hydroxyl groups is 1. The van der Waals surface area contributed by atoms with Crippen molar-refractivity contribution in [2.24, 2.45) is 0 Å². The molecule has 0 aliphatic rings. The third kappa shape index (κ3) is 5.16. The molecule has 0 aliphatic heterocycles. The molecule has 1 rings (SSSR count). The average Bonchev–Trinajstić information content (AvgIpc) is 2.26. The zero-order valence-corrected chi connectivity index (χ0v) is 9.76. The lowest BCUT2D eigenvalue weighted by Crippen LogP contribution is -2.20. The number of hydrogen-bond acceptors (Lipinski definition) is 3. The third-order valence-corrected chi connectivity index (χ3v) is 2.10. The number of rotatable bonds is 4. The highest BCUT2D eigenvalue weighted by Crippen LogP contribution is 2.35. The first-order valence-electron chi connectivity index (χ1n) is 5.11. The maximum Gasteiger partial charge on any atom is 0.573 e. The van der Waals surface area contributed by atoms with Gasteiger partial charge >= 0.3 is 12.7 Å². The molecule has 1 aromatic carbocycles. The van der Waals surface area contributed by atoms with Gasteiger partial charge in [-0.1, -0.05) is 0 Å². The van der Waals surface area contributed by atoms with Gasteiger partial charge in [0.2, 0.25) is 0 Å². The number of ether oxygens (including phenoxy) is 2. The Labute approximate surface area is 109 Å². The number of benzene rings is 1. The Morgan fingerprint density at radius 2 is 1.60 bits per heavy atom. The number of hydrogen-bond donors (Lipinski definition) is 1. The maximum atomic E-state index is 12.1. The highest BCUT2D eigenvalue weighted by molar-refractivity contribution is 5.43. The van der Waals surface area contributed by atoms with Crippen molar-refractivity contribution in [3.8, 4) is 11.5 Å². The highest BCUT2D eigenvalue weighted by atomic mass is 19.4. The highest BCUT2D eigenvalue weighted by Gasteiger charge is 2.34. The summed E-state index contributed by atoms with van der Waals surface area (Å²) in [5.41, 5.74) is -0.355. The lowest BCUT2D eigenvalue weighted by Gasteiger charge is -2.18. The van der Waals surface area contributed by atoms with E-state index < -0.39 is 36.7 Å². The predicted molar refractivity (Wildman–Crippen MR) is 55.0 cm³/mol. The molecule has 1 atom stereocenters. The van der Waals surface area contributed by atoms with Crippen LogP contribution in [0.2, 0.25) is 0 Å². The molecule has 20 heavy (non-hydrogen) atoms. The summed E-state index contributed by atoms with van der Waals surface area (Å²) in [5.74, 6) is -2.59. The average molecular weight is 303 g/mol. The summed E-state index contributed by atoms with van der Waals surface area (Å²) in [5, 5.41) is 8.87. The van der Waals surface area contributed by atoms with Gasteiger partial charge < -0.3 is 14.6 Å². The Hall–Kier alpha value is -1.64. The van der Waals surface area contributed by atoms with Crippen LogP contribution in [0.1, 0.15) is 11.5 Å². The lowest BCUT2D eigenvalue weighted by molar-refractivity contribution is -0.277. The van der Waals surface area contributed by atoms with Crippen molar-refractivity contribution in [3.05, 3.63) is 30.7 Å². The van der Waals surface area contributed by atoms with Crippen LogP contribution < -0.4 is 9.47 Å². The van der Waals surface area contributed by atoms with Crippen LogP contribution in [0, 0.1) is 6.92 Å². The molecule has 0 bridgehead atoms. The van der Waals surface area contributed by atoms with Crippen LogP contribution in [0.25, 0.3) is 0 Å². The molecule has 0 heterocycles. The Morgan fingerprint density at radius 1 is 1.05 bits per heavy atom. The Morgan fingerprint density at radius 3 is 2.05 bits per heavy atom. The molecule has 9 heteroatoms. The second-order valence-corrected chi connectivity index (χ2v) is 3.67. The van der Waals surface area contributed by atoms with Crippen molar-refractivity contribution < 1.29 is 40.9 Å². The first-order chi connectivity index (χ1) is 9.02. The molecule has 3 nitrogen and oxygen atoms in total. The first-order valence-corrected chi connectivity index (χ1v) is 5.11. The second-order valence-electron chi connectivity index (χ2n) is 3.67. The number of alkyl halides is 6. The van der Waals surface area contributed by atoms with E-state index in [0.29, 0.717) is 18.2 Å². The van der Waals surface area contributed by atoms with Gasteiger partial charge in [-0.05, 0) is 25.1 Å². The van der Waals surface area contributed by atoms with Crippen molar-refractivity contribution in [2.75, 3.05) is 6.61 Å². The first kappa shape index (κ1) is 16.4. The van der Waals surface area contributed by atoms with Crippen molar-refractivity contribution in [1.82, 2.24) is 0 Å². The van der Waals surface area contributed by atoms with Crippen molar-refractivity contribution >= 4 is 0 Å². The van der Waals surface area contributed by atoms with Gasteiger partial charge in [0.25, 0.3) is 0 Å². The summed E-state index contributed by atoms with van der Waals surface area (Å²) in [4.78, 5) is 0. The van der Waals surface area contributed by atoms with Crippen molar-refractivity contribution in [1.29, 1.82) is 0 Å². The fraction of sp³-hybridized carbons (Fsp3) is 0.364. The molecule has 113 valence electrons. The molecule has 1 unspecified atom stereocenters. The fourth-order valence-electron chi connectivity index (χ4n) is 1.36. The number of halogens is 6. The van der Waals surface area contributed by atoms with E-state index in [0.717, 1.165) is 0 Å². The summed E-state index contributed by atoms with van der Waals surface area (Å²) in [6, 6.07) is 2.02. The second kappa shape index (κ2) is 5.78. The third-order valence-electron chi connectivity index (χ3n) is 2.10. The molecule has 0 saturated carbocycles. The minimum Gasteiger partial charge on any atom is -0.406 e. The van der Waals surface area contributed by atoms with Crippen LogP contribution in [0.15, 0.2) is 18.2 Å². The van der Waals surface area contributed by atoms with E-state index in [4.69, 9.17) is 5.11 Å². The van der Waals surface area contributed by atoms with E-state index in [1.165, 1.54) is 0 Å². The Bertz CT molecular complexity index is 454. The maximum absolute atomic E-state index is 12.1. The van der Waals surface area contributed by atoms with Gasteiger partial charge in [-0.3, -0.25) is 0 Å². The van der Waals surface area contributed by atoms with E-state index in [2.05, 4.69) is 16.4 Å². The molecule has 0 aliphatic carbocycles. The largest absolute Gasteiger partial charge is 0.573 e. The monoisotopic (exact) mass is 303 g/mol. The van der Waals surface area contributed by atoms with E-state index in [9.17, 15) is 26.3 Å². The van der Waals surface area contributed by atoms with Gasteiger partial charge in [-0.15, -0.1) is 26.3 Å². The molecule has 0 aromatic heterocycles. The summed E-state index contributed by atoms with van der Waals surface area (Å²) in [6.45, 7) is 2.64. The Kier molecular flexibility index (Phi) is 4.74. The summed E-state index contributed by atoms with van der Waals surface area (Å²) in [7, 11) is 0. The smallest absolute Gasteiger partial charge is 0.406 e. The number of aliphatic hydroxyl groups excluding tert-OH is 1. The SMILES string of the molecule is [CH2]C(CO)c1cc(OC(F)(F)F)ccc1OC(F)(F)F. The molecular weight excluding hydrogens is 294 g/mol. The molecule has 0 fully saturated rings. The Balaban J connectivity index is 3.13. The van der Waals surface area contributed by atoms with Crippen LogP contribution in [0.3, 0.4) is 0 Å². The quantitative estimate of drug-likeness (QED) is 0.867. The van der Waals surface area contributed by atoms with Gasteiger partial charge in [-0.2, -0.15) is 0 Å². The normalized spacial score (nSPS) is 14.0. The van der Waals surface area contributed by atoms with E-state index in [1.807, 2.05) is 0 Å². The fourth-order valence-corrected chi connectivity index (χ4v) is 1.36. The van der Waals surface area contributed by atoms with Gasteiger partial charge in [0.15, 0.2) is 0 Å². The van der Waals surface area contributed by atoms with Crippen LogP contribution in [-0.4, -0.2) is 24.4 Å². The van der Waals surface area contributed by atoms with Crippen LogP contribution in [-0.2, 0) is 0 Å². The molecule has 1 radical (unpaired) electrons. The van der Waals surface area contributed by atoms with Crippen LogP contribution >= 0.6 is 0 Å².